The van der Waals surface area contributed by atoms with E-state index < -0.39 is 0 Å². The van der Waals surface area contributed by atoms with Crippen LogP contribution in [0.1, 0.15) is 6.92 Å². The van der Waals surface area contributed by atoms with E-state index in [9.17, 15) is 0 Å². The van der Waals surface area contributed by atoms with Gasteiger partial charge in [0.15, 0.2) is 0 Å². The van der Waals surface area contributed by atoms with Crippen molar-refractivity contribution in [3.63, 3.8) is 0 Å². The topological polar surface area (TPSA) is 12.4 Å². The molecule has 0 N–H and O–H groups in total. The normalized spacial score (nSPS) is 13.0. The van der Waals surface area contributed by atoms with Crippen molar-refractivity contribution in [1.82, 2.24) is 0 Å². The lowest BCUT2D eigenvalue weighted by Gasteiger charge is -2.02. The summed E-state index contributed by atoms with van der Waals surface area (Å²) < 4.78 is 0. The molecule has 0 aliphatic heterocycles. The molecule has 0 spiro atoms. The van der Waals surface area contributed by atoms with E-state index in [1.807, 2.05) is 31.2 Å². The Hall–Kier alpha value is -1.28. The third kappa shape index (κ3) is 4.10. The Bertz CT molecular complexity index is 319. The van der Waals surface area contributed by atoms with Gasteiger partial charge in [0.1, 0.15) is 0 Å². The summed E-state index contributed by atoms with van der Waals surface area (Å²) in [5.74, 6) is 0. The highest BCUT2D eigenvalue weighted by Crippen LogP contribution is 2.19. The van der Waals surface area contributed by atoms with Crippen LogP contribution in [-0.2, 0) is 0 Å². The van der Waals surface area contributed by atoms with Crippen LogP contribution in [0.4, 0.5) is 0 Å². The summed E-state index contributed by atoms with van der Waals surface area (Å²) >= 11 is 4.20. The van der Waals surface area contributed by atoms with Crippen molar-refractivity contribution in [3.05, 3.63) is 59.7 Å². The van der Waals surface area contributed by atoms with Crippen LogP contribution in [-0.4, -0.2) is 6.72 Å². The van der Waals surface area contributed by atoms with Gasteiger partial charge >= 0.3 is 0 Å². The molecule has 0 unspecified atom stereocenters. The number of allylic oxidation sites excluding steroid dienone is 7. The molecule has 0 saturated heterocycles. The van der Waals surface area contributed by atoms with Gasteiger partial charge in [-0.25, -0.2) is 0 Å². The minimum Gasteiger partial charge on any atom is -0.257 e. The van der Waals surface area contributed by atoms with E-state index in [2.05, 4.69) is 37.5 Å². The molecule has 0 aliphatic carbocycles. The van der Waals surface area contributed by atoms with Crippen LogP contribution < -0.4 is 0 Å². The molecular formula is C12H15NS. The van der Waals surface area contributed by atoms with E-state index >= 15 is 0 Å². The van der Waals surface area contributed by atoms with Gasteiger partial charge in [0.2, 0.25) is 0 Å². The molecule has 0 atom stereocenters. The highest BCUT2D eigenvalue weighted by Gasteiger charge is 1.99. The molecule has 0 aromatic heterocycles. The van der Waals surface area contributed by atoms with Crippen molar-refractivity contribution < 1.29 is 0 Å². The molecule has 0 saturated carbocycles. The third-order valence-corrected chi connectivity index (χ3v) is 1.89. The van der Waals surface area contributed by atoms with Gasteiger partial charge in [0.25, 0.3) is 0 Å². The maximum atomic E-state index is 4.20. The van der Waals surface area contributed by atoms with Gasteiger partial charge in [-0.15, -0.1) is 12.6 Å². The van der Waals surface area contributed by atoms with Gasteiger partial charge in [0.05, 0.1) is 5.03 Å². The molecule has 0 amide bonds. The van der Waals surface area contributed by atoms with Crippen molar-refractivity contribution in [2.75, 3.05) is 0 Å². The number of rotatable bonds is 5. The minimum absolute atomic E-state index is 0.571. The Morgan fingerprint density at radius 3 is 2.43 bits per heavy atom. The first kappa shape index (κ1) is 12.7. The predicted octanol–water partition coefficient (Wildman–Crippen LogP) is 3.70. The van der Waals surface area contributed by atoms with Gasteiger partial charge in [-0.1, -0.05) is 43.5 Å². The Morgan fingerprint density at radius 1 is 1.36 bits per heavy atom. The molecule has 0 aromatic rings. The second-order valence-corrected chi connectivity index (χ2v) is 2.94. The quantitative estimate of drug-likeness (QED) is 0.399. The average molecular weight is 205 g/mol. The molecule has 0 radical (unpaired) electrons. The third-order valence-electron chi connectivity index (χ3n) is 1.50. The molecule has 0 fully saturated rings. The highest BCUT2D eigenvalue weighted by atomic mass is 32.1. The van der Waals surface area contributed by atoms with Crippen molar-refractivity contribution in [1.29, 1.82) is 0 Å². The molecule has 74 valence electrons. The van der Waals surface area contributed by atoms with Crippen molar-refractivity contribution in [2.24, 2.45) is 4.99 Å². The van der Waals surface area contributed by atoms with Crippen LogP contribution in [0, 0.1) is 0 Å². The van der Waals surface area contributed by atoms with Gasteiger partial charge in [-0.05, 0) is 19.2 Å². The number of nitrogens with zero attached hydrogens (tertiary/aromatic N) is 1. The van der Waals surface area contributed by atoms with Crippen LogP contribution in [0.3, 0.4) is 0 Å². The largest absolute Gasteiger partial charge is 0.257 e. The van der Waals surface area contributed by atoms with Crippen molar-refractivity contribution in [3.8, 4) is 0 Å². The lowest BCUT2D eigenvalue weighted by atomic mass is 10.1. The van der Waals surface area contributed by atoms with Crippen LogP contribution in [0.5, 0.6) is 0 Å². The molecular weight excluding hydrogens is 190 g/mol. The Balaban J connectivity index is 5.03. The zero-order valence-electron chi connectivity index (χ0n) is 8.40. The number of aliphatic imine (C=N–C) groups is 1. The highest BCUT2D eigenvalue weighted by molar-refractivity contribution is 7.84. The summed E-state index contributed by atoms with van der Waals surface area (Å²) in [6, 6.07) is 0. The maximum absolute atomic E-state index is 4.20. The Kier molecular flexibility index (Phi) is 6.50. The Morgan fingerprint density at radius 2 is 2.00 bits per heavy atom. The summed E-state index contributed by atoms with van der Waals surface area (Å²) in [5, 5.41) is 0.571. The van der Waals surface area contributed by atoms with Gasteiger partial charge in [-0.3, -0.25) is 4.99 Å². The van der Waals surface area contributed by atoms with Crippen molar-refractivity contribution in [2.45, 2.75) is 6.92 Å². The molecule has 2 heteroatoms. The SMILES string of the molecule is C=C/C=C\C(=C)C(/C=C\C)=C(\S)N=C. The number of hydrogen-bond acceptors (Lipinski definition) is 2. The zero-order chi connectivity index (χ0) is 11.0. The van der Waals surface area contributed by atoms with Crippen LogP contribution in [0.25, 0.3) is 0 Å². The van der Waals surface area contributed by atoms with Crippen LogP contribution in [0.2, 0.25) is 0 Å². The van der Waals surface area contributed by atoms with E-state index in [1.165, 1.54) is 0 Å². The van der Waals surface area contributed by atoms with Crippen LogP contribution >= 0.6 is 12.6 Å². The molecule has 0 heterocycles. The lowest BCUT2D eigenvalue weighted by molar-refractivity contribution is 1.44. The monoisotopic (exact) mass is 205 g/mol. The first-order chi connectivity index (χ1) is 6.67. The first-order valence-electron chi connectivity index (χ1n) is 4.18. The van der Waals surface area contributed by atoms with Gasteiger partial charge in [-0.2, -0.15) is 0 Å². The Labute approximate surface area is 91.4 Å². The summed E-state index contributed by atoms with van der Waals surface area (Å²) in [6.45, 7) is 12.8. The molecule has 0 aliphatic rings. The first-order valence-corrected chi connectivity index (χ1v) is 4.63. The smallest absolute Gasteiger partial charge is 0.1000 e. The summed E-state index contributed by atoms with van der Waals surface area (Å²) in [7, 11) is 0. The second kappa shape index (κ2) is 7.15. The second-order valence-electron chi connectivity index (χ2n) is 2.52. The van der Waals surface area contributed by atoms with Gasteiger partial charge in [0, 0.05) is 5.57 Å². The van der Waals surface area contributed by atoms with E-state index in [4.69, 9.17) is 0 Å². The van der Waals surface area contributed by atoms with E-state index in [-0.39, 0.29) is 0 Å². The fourth-order valence-electron chi connectivity index (χ4n) is 0.851. The molecule has 0 bridgehead atoms. The van der Waals surface area contributed by atoms with E-state index in [1.54, 1.807) is 6.08 Å². The fraction of sp³-hybridized carbons (Fsp3) is 0.0833. The van der Waals surface area contributed by atoms with Gasteiger partial charge < -0.3 is 0 Å². The molecule has 1 nitrogen and oxygen atoms in total. The van der Waals surface area contributed by atoms with Crippen LogP contribution in [0.15, 0.2) is 64.7 Å². The number of hydrogen-bond donors (Lipinski definition) is 1. The van der Waals surface area contributed by atoms with Crippen molar-refractivity contribution >= 4 is 19.3 Å². The maximum Gasteiger partial charge on any atom is 0.1000 e. The van der Waals surface area contributed by atoms with E-state index in [0.29, 0.717) is 5.03 Å². The minimum atomic E-state index is 0.571. The summed E-state index contributed by atoms with van der Waals surface area (Å²) in [5.41, 5.74) is 1.70. The van der Waals surface area contributed by atoms with E-state index in [0.717, 1.165) is 11.1 Å². The lowest BCUT2D eigenvalue weighted by Crippen LogP contribution is -1.83. The summed E-state index contributed by atoms with van der Waals surface area (Å²) in [4.78, 5) is 3.76. The molecule has 14 heavy (non-hydrogen) atoms. The standard InChI is InChI=1S/C12H15NS/c1-5-7-9-10(3)11(8-6-2)12(14)13-4/h5-9,14H,1,3-4H2,2H3/b8-6-,9-7-,12-11-. The molecule has 0 rings (SSSR count). The average Bonchev–Trinajstić information content (AvgIpc) is 2.21. The number of thiol groups is 1. The fourth-order valence-corrected chi connectivity index (χ4v) is 1.07. The zero-order valence-corrected chi connectivity index (χ0v) is 9.30. The predicted molar refractivity (Wildman–Crippen MR) is 68.9 cm³/mol. The molecule has 0 aromatic carbocycles. The summed E-state index contributed by atoms with van der Waals surface area (Å²) in [6.07, 6.45) is 9.16.